The summed E-state index contributed by atoms with van der Waals surface area (Å²) in [4.78, 5) is 17.9. The van der Waals surface area contributed by atoms with Crippen molar-refractivity contribution in [2.45, 2.75) is 32.2 Å². The van der Waals surface area contributed by atoms with Crippen LogP contribution in [0.3, 0.4) is 0 Å². The number of nitrogens with one attached hydrogen (secondary N) is 1. The third-order valence-electron chi connectivity index (χ3n) is 4.27. The first-order valence-electron chi connectivity index (χ1n) is 8.30. The van der Waals surface area contributed by atoms with Gasteiger partial charge in [-0.3, -0.25) is 4.79 Å². The highest BCUT2D eigenvalue weighted by Crippen LogP contribution is 2.26. The monoisotopic (exact) mass is 313 g/mol. The van der Waals surface area contributed by atoms with Crippen LogP contribution in [0.2, 0.25) is 0 Å². The first-order chi connectivity index (χ1) is 11.2. The molecule has 5 nitrogen and oxygen atoms in total. The molecule has 1 aliphatic rings. The van der Waals surface area contributed by atoms with E-state index < -0.39 is 5.97 Å². The summed E-state index contributed by atoms with van der Waals surface area (Å²) in [6.07, 6.45) is 3.84. The van der Waals surface area contributed by atoms with Crippen molar-refractivity contribution < 1.29 is 9.90 Å². The van der Waals surface area contributed by atoms with E-state index in [0.29, 0.717) is 13.1 Å². The second-order valence-corrected chi connectivity index (χ2v) is 6.03. The van der Waals surface area contributed by atoms with E-state index in [2.05, 4.69) is 22.3 Å². The predicted molar refractivity (Wildman–Crippen MR) is 91.8 cm³/mol. The SMILES string of the molecule is O=C(O)CCNCc1cc2ccccc2nc1N1CCCCC1. The molecule has 0 aliphatic carbocycles. The zero-order valence-electron chi connectivity index (χ0n) is 13.3. The number of benzene rings is 1. The molecule has 0 radical (unpaired) electrons. The molecule has 2 heterocycles. The summed E-state index contributed by atoms with van der Waals surface area (Å²) in [7, 11) is 0. The standard InChI is InChI=1S/C18H23N3O2/c22-17(23)8-9-19-13-15-12-14-6-2-3-7-16(14)20-18(15)21-10-4-1-5-11-21/h2-3,6-7,12,19H,1,4-5,8-11,13H2,(H,22,23). The topological polar surface area (TPSA) is 65.5 Å². The number of hydrogen-bond acceptors (Lipinski definition) is 4. The maximum absolute atomic E-state index is 10.6. The van der Waals surface area contributed by atoms with Crippen molar-refractivity contribution in [2.75, 3.05) is 24.5 Å². The number of hydrogen-bond donors (Lipinski definition) is 2. The Bertz CT molecular complexity index is 681. The summed E-state index contributed by atoms with van der Waals surface area (Å²) in [5.74, 6) is 0.275. The molecule has 23 heavy (non-hydrogen) atoms. The molecule has 0 amide bonds. The van der Waals surface area contributed by atoms with Crippen LogP contribution in [-0.2, 0) is 11.3 Å². The molecule has 2 aromatic rings. The molecule has 0 spiro atoms. The number of carboxylic acids is 1. The Morgan fingerprint density at radius 3 is 2.78 bits per heavy atom. The number of pyridine rings is 1. The van der Waals surface area contributed by atoms with Gasteiger partial charge in [-0.15, -0.1) is 0 Å². The van der Waals surface area contributed by atoms with Gasteiger partial charge in [0.05, 0.1) is 11.9 Å². The van der Waals surface area contributed by atoms with E-state index in [0.717, 1.165) is 35.4 Å². The van der Waals surface area contributed by atoms with E-state index in [1.807, 2.05) is 18.2 Å². The lowest BCUT2D eigenvalue weighted by atomic mass is 10.1. The van der Waals surface area contributed by atoms with E-state index in [4.69, 9.17) is 10.1 Å². The summed E-state index contributed by atoms with van der Waals surface area (Å²) in [5.41, 5.74) is 2.17. The zero-order valence-corrected chi connectivity index (χ0v) is 13.3. The minimum absolute atomic E-state index is 0.139. The molecule has 0 unspecified atom stereocenters. The average molecular weight is 313 g/mol. The first-order valence-corrected chi connectivity index (χ1v) is 8.30. The quantitative estimate of drug-likeness (QED) is 0.803. The Morgan fingerprint density at radius 2 is 2.00 bits per heavy atom. The molecule has 3 rings (SSSR count). The van der Waals surface area contributed by atoms with E-state index in [1.165, 1.54) is 19.3 Å². The molecule has 122 valence electrons. The Hall–Kier alpha value is -2.14. The molecule has 1 aromatic heterocycles. The van der Waals surface area contributed by atoms with Gasteiger partial charge >= 0.3 is 5.97 Å². The van der Waals surface area contributed by atoms with Crippen LogP contribution in [0, 0.1) is 0 Å². The lowest BCUT2D eigenvalue weighted by Gasteiger charge is -2.30. The van der Waals surface area contributed by atoms with Crippen LogP contribution < -0.4 is 10.2 Å². The first kappa shape index (κ1) is 15.7. The molecule has 2 N–H and O–H groups in total. The number of para-hydroxylation sites is 1. The smallest absolute Gasteiger partial charge is 0.304 e. The highest BCUT2D eigenvalue weighted by molar-refractivity contribution is 5.81. The Morgan fingerprint density at radius 1 is 1.22 bits per heavy atom. The highest BCUT2D eigenvalue weighted by Gasteiger charge is 2.16. The molecular weight excluding hydrogens is 290 g/mol. The molecule has 1 fully saturated rings. The van der Waals surface area contributed by atoms with E-state index >= 15 is 0 Å². The van der Waals surface area contributed by atoms with Gasteiger partial charge in [-0.1, -0.05) is 18.2 Å². The fourth-order valence-electron chi connectivity index (χ4n) is 3.08. The van der Waals surface area contributed by atoms with Gasteiger partial charge in [0.25, 0.3) is 0 Å². The fraction of sp³-hybridized carbons (Fsp3) is 0.444. The van der Waals surface area contributed by atoms with Crippen LogP contribution in [-0.4, -0.2) is 35.7 Å². The number of nitrogens with zero attached hydrogens (tertiary/aromatic N) is 2. The Kier molecular flexibility index (Phi) is 5.08. The Balaban J connectivity index is 1.84. The maximum atomic E-state index is 10.6. The normalized spacial score (nSPS) is 15.0. The van der Waals surface area contributed by atoms with Crippen LogP contribution in [0.1, 0.15) is 31.2 Å². The number of aromatic nitrogens is 1. The summed E-state index contributed by atoms with van der Waals surface area (Å²) >= 11 is 0. The molecule has 0 saturated carbocycles. The fourth-order valence-corrected chi connectivity index (χ4v) is 3.08. The van der Waals surface area contributed by atoms with Crippen LogP contribution in [0.15, 0.2) is 30.3 Å². The maximum Gasteiger partial charge on any atom is 0.304 e. The third-order valence-corrected chi connectivity index (χ3v) is 4.27. The molecule has 5 heteroatoms. The lowest BCUT2D eigenvalue weighted by molar-refractivity contribution is -0.136. The van der Waals surface area contributed by atoms with Gasteiger partial charge in [0, 0.05) is 37.1 Å². The number of anilines is 1. The van der Waals surface area contributed by atoms with Crippen molar-refractivity contribution in [1.82, 2.24) is 10.3 Å². The number of carbonyl (C=O) groups is 1. The summed E-state index contributed by atoms with van der Waals surface area (Å²) in [6.45, 7) is 3.22. The molecule has 0 atom stereocenters. The van der Waals surface area contributed by atoms with Crippen LogP contribution in [0.5, 0.6) is 0 Å². The molecule has 1 saturated heterocycles. The van der Waals surface area contributed by atoms with E-state index in [9.17, 15) is 4.79 Å². The second-order valence-electron chi connectivity index (χ2n) is 6.03. The summed E-state index contributed by atoms with van der Waals surface area (Å²) < 4.78 is 0. The molecule has 0 bridgehead atoms. The minimum atomic E-state index is -0.773. The van der Waals surface area contributed by atoms with Crippen molar-refractivity contribution >= 4 is 22.7 Å². The number of fused-ring (bicyclic) bond motifs is 1. The zero-order chi connectivity index (χ0) is 16.1. The van der Waals surface area contributed by atoms with Gasteiger partial charge in [0.2, 0.25) is 0 Å². The van der Waals surface area contributed by atoms with Gasteiger partial charge in [-0.05, 0) is 31.4 Å². The van der Waals surface area contributed by atoms with Gasteiger partial charge in [0.1, 0.15) is 5.82 Å². The third kappa shape index (κ3) is 3.99. The number of carboxylic acid groups (broad SMARTS) is 1. The van der Waals surface area contributed by atoms with Crippen molar-refractivity contribution in [3.63, 3.8) is 0 Å². The summed E-state index contributed by atoms with van der Waals surface area (Å²) in [5, 5.41) is 13.1. The number of piperidine rings is 1. The highest BCUT2D eigenvalue weighted by atomic mass is 16.4. The minimum Gasteiger partial charge on any atom is -0.481 e. The largest absolute Gasteiger partial charge is 0.481 e. The van der Waals surface area contributed by atoms with Crippen LogP contribution in [0.4, 0.5) is 5.82 Å². The molecular formula is C18H23N3O2. The molecule has 1 aromatic carbocycles. The second kappa shape index (κ2) is 7.42. The van der Waals surface area contributed by atoms with Crippen LogP contribution >= 0.6 is 0 Å². The van der Waals surface area contributed by atoms with Gasteiger partial charge in [-0.25, -0.2) is 4.98 Å². The van der Waals surface area contributed by atoms with Gasteiger partial charge in [-0.2, -0.15) is 0 Å². The van der Waals surface area contributed by atoms with Crippen LogP contribution in [0.25, 0.3) is 10.9 Å². The molecule has 1 aliphatic heterocycles. The summed E-state index contributed by atoms with van der Waals surface area (Å²) in [6, 6.07) is 10.3. The van der Waals surface area contributed by atoms with E-state index in [-0.39, 0.29) is 6.42 Å². The average Bonchev–Trinajstić information content (AvgIpc) is 2.58. The van der Waals surface area contributed by atoms with Crippen molar-refractivity contribution in [3.8, 4) is 0 Å². The van der Waals surface area contributed by atoms with Gasteiger partial charge < -0.3 is 15.3 Å². The lowest BCUT2D eigenvalue weighted by Crippen LogP contribution is -2.32. The van der Waals surface area contributed by atoms with Crippen molar-refractivity contribution in [2.24, 2.45) is 0 Å². The van der Waals surface area contributed by atoms with Gasteiger partial charge in [0.15, 0.2) is 0 Å². The number of rotatable bonds is 6. The van der Waals surface area contributed by atoms with E-state index in [1.54, 1.807) is 0 Å². The predicted octanol–water partition coefficient (Wildman–Crippen LogP) is 2.79. The number of aliphatic carboxylic acids is 1. The van der Waals surface area contributed by atoms with Crippen molar-refractivity contribution in [1.29, 1.82) is 0 Å². The Labute approximate surface area is 136 Å². The van der Waals surface area contributed by atoms with Crippen molar-refractivity contribution in [3.05, 3.63) is 35.9 Å².